The summed E-state index contributed by atoms with van der Waals surface area (Å²) < 4.78 is 7.36. The molecule has 1 fully saturated rings. The number of nitrogens with zero attached hydrogens (tertiary/aromatic N) is 3. The molecular weight excluding hydrogens is 420 g/mol. The first-order valence-corrected chi connectivity index (χ1v) is 11.3. The number of carbonyl (C=O) groups excluding carboxylic acids is 1. The van der Waals surface area contributed by atoms with E-state index in [-0.39, 0.29) is 17.5 Å². The van der Waals surface area contributed by atoms with Gasteiger partial charge in [0.25, 0.3) is 11.5 Å². The summed E-state index contributed by atoms with van der Waals surface area (Å²) in [5.74, 6) is 0.288. The van der Waals surface area contributed by atoms with E-state index in [1.54, 1.807) is 29.3 Å². The van der Waals surface area contributed by atoms with Crippen LogP contribution in [0.2, 0.25) is 0 Å². The summed E-state index contributed by atoms with van der Waals surface area (Å²) >= 11 is 6.63. The van der Waals surface area contributed by atoms with Gasteiger partial charge < -0.3 is 10.1 Å². The van der Waals surface area contributed by atoms with Crippen molar-refractivity contribution in [1.29, 1.82) is 0 Å². The van der Waals surface area contributed by atoms with Gasteiger partial charge in [-0.05, 0) is 44.9 Å². The monoisotopic (exact) mass is 446 g/mol. The number of ether oxygens (including phenoxy) is 1. The molecule has 2 aromatic heterocycles. The molecule has 1 atom stereocenters. The van der Waals surface area contributed by atoms with E-state index in [0.717, 1.165) is 12.8 Å². The molecule has 0 bridgehead atoms. The smallest absolute Gasteiger partial charge is 0.267 e. The van der Waals surface area contributed by atoms with Gasteiger partial charge in [-0.2, -0.15) is 0 Å². The minimum Gasteiger partial charge on any atom is -0.382 e. The maximum absolute atomic E-state index is 13.2. The van der Waals surface area contributed by atoms with Crippen LogP contribution in [-0.4, -0.2) is 50.3 Å². The number of nitrogens with one attached hydrogen (secondary N) is 1. The normalized spacial score (nSPS) is 16.6. The van der Waals surface area contributed by atoms with Crippen LogP contribution in [0.25, 0.3) is 11.7 Å². The van der Waals surface area contributed by atoms with E-state index >= 15 is 0 Å². The summed E-state index contributed by atoms with van der Waals surface area (Å²) in [6.45, 7) is 7.82. The molecule has 1 unspecified atom stereocenters. The lowest BCUT2D eigenvalue weighted by atomic mass is 10.2. The van der Waals surface area contributed by atoms with Gasteiger partial charge in [0.15, 0.2) is 0 Å². The fourth-order valence-electron chi connectivity index (χ4n) is 3.07. The number of thiocarbonyl (C=S) groups is 1. The predicted octanol–water partition coefficient (Wildman–Crippen LogP) is 3.53. The summed E-state index contributed by atoms with van der Waals surface area (Å²) in [7, 11) is 0. The molecule has 1 saturated heterocycles. The number of anilines is 1. The number of hydrogen-bond acceptors (Lipinski definition) is 7. The minimum atomic E-state index is -0.235. The van der Waals surface area contributed by atoms with E-state index < -0.39 is 0 Å². The lowest BCUT2D eigenvalue weighted by Gasteiger charge is -2.21. The highest BCUT2D eigenvalue weighted by atomic mass is 32.2. The van der Waals surface area contributed by atoms with Crippen LogP contribution < -0.4 is 10.9 Å². The van der Waals surface area contributed by atoms with Gasteiger partial charge in [-0.3, -0.25) is 18.9 Å². The molecule has 0 spiro atoms. The second kappa shape index (κ2) is 10.2. The van der Waals surface area contributed by atoms with Crippen molar-refractivity contribution in [3.8, 4) is 0 Å². The molecular formula is C21H26N4O3S2. The van der Waals surface area contributed by atoms with Crippen LogP contribution in [0.15, 0.2) is 34.1 Å². The third-order valence-corrected chi connectivity index (χ3v) is 6.19. The van der Waals surface area contributed by atoms with Gasteiger partial charge in [-0.15, -0.1) is 0 Å². The number of hydrogen-bond donors (Lipinski definition) is 1. The van der Waals surface area contributed by atoms with Gasteiger partial charge in [0.1, 0.15) is 15.8 Å². The predicted molar refractivity (Wildman–Crippen MR) is 126 cm³/mol. The topological polar surface area (TPSA) is 75.9 Å². The van der Waals surface area contributed by atoms with Crippen LogP contribution in [-0.2, 0) is 9.53 Å². The zero-order chi connectivity index (χ0) is 21.7. The van der Waals surface area contributed by atoms with Crippen molar-refractivity contribution in [2.45, 2.75) is 39.7 Å². The Hall–Kier alpha value is -2.23. The summed E-state index contributed by atoms with van der Waals surface area (Å²) in [6, 6.07) is 5.39. The minimum absolute atomic E-state index is 0.00962. The third-order valence-electron chi connectivity index (χ3n) is 4.86. The van der Waals surface area contributed by atoms with E-state index in [1.165, 1.54) is 16.2 Å². The molecule has 0 aliphatic carbocycles. The molecule has 7 nitrogen and oxygen atoms in total. The van der Waals surface area contributed by atoms with Crippen LogP contribution in [0.5, 0.6) is 0 Å². The number of aromatic nitrogens is 2. The van der Waals surface area contributed by atoms with Crippen LogP contribution in [0.1, 0.15) is 39.2 Å². The van der Waals surface area contributed by atoms with Gasteiger partial charge in [0, 0.05) is 32.0 Å². The van der Waals surface area contributed by atoms with Crippen LogP contribution in [0.3, 0.4) is 0 Å². The van der Waals surface area contributed by atoms with Crippen molar-refractivity contribution in [1.82, 2.24) is 14.3 Å². The highest BCUT2D eigenvalue weighted by Crippen LogP contribution is 2.34. The first-order chi connectivity index (χ1) is 14.5. The third kappa shape index (κ3) is 4.74. The summed E-state index contributed by atoms with van der Waals surface area (Å²) in [5, 5.41) is 3.23. The molecule has 0 aromatic carbocycles. The van der Waals surface area contributed by atoms with E-state index in [0.29, 0.717) is 46.0 Å². The Labute approximate surface area is 185 Å². The van der Waals surface area contributed by atoms with Crippen LogP contribution >= 0.6 is 24.0 Å². The Morgan fingerprint density at radius 1 is 1.33 bits per heavy atom. The second-order valence-electron chi connectivity index (χ2n) is 6.89. The van der Waals surface area contributed by atoms with E-state index in [9.17, 15) is 9.59 Å². The standard InChI is InChI=1S/C21H26N4O3S2/c1-4-14(3)25-20(27)16(30-21(25)29)13-15-18(22-10-8-12-28-5-2)23-17-9-6-7-11-24(17)19(15)26/h6-7,9,11,13-14,22H,4-5,8,10,12H2,1-3H3/b16-13-. The fourth-order valence-corrected chi connectivity index (χ4v) is 4.51. The molecule has 2 aromatic rings. The average Bonchev–Trinajstić information content (AvgIpc) is 3.02. The van der Waals surface area contributed by atoms with E-state index in [2.05, 4.69) is 10.3 Å². The second-order valence-corrected chi connectivity index (χ2v) is 8.57. The summed E-state index contributed by atoms with van der Waals surface area (Å²) in [4.78, 5) is 32.8. The Kier molecular flexibility index (Phi) is 7.63. The Morgan fingerprint density at radius 3 is 2.87 bits per heavy atom. The molecule has 3 rings (SSSR count). The van der Waals surface area contributed by atoms with Crippen LogP contribution in [0.4, 0.5) is 5.82 Å². The molecule has 160 valence electrons. The zero-order valence-corrected chi connectivity index (χ0v) is 19.0. The Morgan fingerprint density at radius 2 is 2.13 bits per heavy atom. The van der Waals surface area contributed by atoms with Gasteiger partial charge >= 0.3 is 0 Å². The average molecular weight is 447 g/mol. The zero-order valence-electron chi connectivity index (χ0n) is 17.4. The van der Waals surface area contributed by atoms with Gasteiger partial charge in [0.05, 0.1) is 10.5 Å². The Bertz CT molecular complexity index is 1030. The number of rotatable bonds is 9. The molecule has 1 amide bonds. The number of thioether (sulfide) groups is 1. The molecule has 0 radical (unpaired) electrons. The Balaban J connectivity index is 1.99. The fraction of sp³-hybridized carbons (Fsp3) is 0.429. The first kappa shape index (κ1) is 22.5. The molecule has 9 heteroatoms. The summed E-state index contributed by atoms with van der Waals surface area (Å²) in [5.41, 5.74) is 0.653. The number of pyridine rings is 1. The van der Waals surface area contributed by atoms with Gasteiger partial charge in [-0.1, -0.05) is 37.0 Å². The van der Waals surface area contributed by atoms with Crippen molar-refractivity contribution in [3.05, 3.63) is 45.2 Å². The summed E-state index contributed by atoms with van der Waals surface area (Å²) in [6.07, 6.45) is 4.86. The van der Waals surface area contributed by atoms with E-state index in [1.807, 2.05) is 26.8 Å². The maximum atomic E-state index is 13.2. The maximum Gasteiger partial charge on any atom is 0.267 e. The molecule has 1 aliphatic rings. The van der Waals surface area contributed by atoms with Crippen molar-refractivity contribution in [2.24, 2.45) is 0 Å². The molecule has 1 aliphatic heterocycles. The van der Waals surface area contributed by atoms with Crippen LogP contribution in [0, 0.1) is 0 Å². The highest BCUT2D eigenvalue weighted by Gasteiger charge is 2.35. The molecule has 0 saturated carbocycles. The molecule has 1 N–H and O–H groups in total. The lowest BCUT2D eigenvalue weighted by molar-refractivity contribution is -0.123. The quantitative estimate of drug-likeness (QED) is 0.359. The SMILES string of the molecule is CCOCCCNc1nc2ccccn2c(=O)c1/C=C1\SC(=S)N(C(C)CC)C1=O. The van der Waals surface area contributed by atoms with Crippen molar-refractivity contribution in [2.75, 3.05) is 25.1 Å². The van der Waals surface area contributed by atoms with Crippen molar-refractivity contribution < 1.29 is 9.53 Å². The van der Waals surface area contributed by atoms with Crippen molar-refractivity contribution in [3.63, 3.8) is 0 Å². The van der Waals surface area contributed by atoms with Crippen molar-refractivity contribution >= 4 is 51.7 Å². The molecule has 3 heterocycles. The largest absolute Gasteiger partial charge is 0.382 e. The molecule has 30 heavy (non-hydrogen) atoms. The van der Waals surface area contributed by atoms with Gasteiger partial charge in [-0.25, -0.2) is 4.98 Å². The number of fused-ring (bicyclic) bond motifs is 1. The van der Waals surface area contributed by atoms with E-state index in [4.69, 9.17) is 17.0 Å². The first-order valence-electron chi connectivity index (χ1n) is 10.1. The van der Waals surface area contributed by atoms with Gasteiger partial charge in [0.2, 0.25) is 0 Å². The highest BCUT2D eigenvalue weighted by molar-refractivity contribution is 8.26. The number of amides is 1. The number of carbonyl (C=O) groups is 1. The lowest BCUT2D eigenvalue weighted by Crippen LogP contribution is -2.36.